The van der Waals surface area contributed by atoms with Crippen molar-refractivity contribution in [2.45, 2.75) is 25.0 Å². The smallest absolute Gasteiger partial charge is 0.103 e. The first-order valence-corrected chi connectivity index (χ1v) is 5.99. The van der Waals surface area contributed by atoms with Crippen molar-refractivity contribution in [3.8, 4) is 0 Å². The highest BCUT2D eigenvalue weighted by atomic mass is 32.1. The van der Waals surface area contributed by atoms with E-state index < -0.39 is 5.60 Å². The van der Waals surface area contributed by atoms with Crippen LogP contribution in [0.1, 0.15) is 24.3 Å². The van der Waals surface area contributed by atoms with E-state index in [0.29, 0.717) is 19.8 Å². The van der Waals surface area contributed by atoms with Gasteiger partial charge in [-0.15, -0.1) is 11.3 Å². The van der Waals surface area contributed by atoms with Gasteiger partial charge >= 0.3 is 0 Å². The van der Waals surface area contributed by atoms with Crippen LogP contribution in [0.5, 0.6) is 0 Å². The molecule has 0 radical (unpaired) electrons. The molecule has 1 aromatic rings. The molecule has 2 N–H and O–H groups in total. The van der Waals surface area contributed by atoms with Gasteiger partial charge in [0.1, 0.15) is 5.60 Å². The number of aromatic nitrogens is 1. The lowest BCUT2D eigenvalue weighted by molar-refractivity contribution is 0.0252. The summed E-state index contributed by atoms with van der Waals surface area (Å²) in [6, 6.07) is 0.238. The molecular formula is C10H16N2O2S. The molecule has 0 aliphatic carbocycles. The molecule has 5 heteroatoms. The summed E-state index contributed by atoms with van der Waals surface area (Å²) in [6.07, 6.45) is 2.58. The molecule has 2 heterocycles. The molecule has 84 valence electrons. The Balaban J connectivity index is 1.83. The maximum absolute atomic E-state index is 10.0. The number of ether oxygens (including phenoxy) is 1. The first kappa shape index (κ1) is 11.0. The Bertz CT molecular complexity index is 296. The minimum Gasteiger partial charge on any atom is -0.386 e. The Morgan fingerprint density at radius 2 is 2.67 bits per heavy atom. The summed E-state index contributed by atoms with van der Waals surface area (Å²) in [5.74, 6) is 0. The van der Waals surface area contributed by atoms with Crippen molar-refractivity contribution in [1.82, 2.24) is 10.3 Å². The predicted molar refractivity (Wildman–Crippen MR) is 58.9 cm³/mol. The van der Waals surface area contributed by atoms with Crippen molar-refractivity contribution in [2.75, 3.05) is 19.8 Å². The average molecular weight is 228 g/mol. The highest BCUT2D eigenvalue weighted by Gasteiger charge is 2.32. The molecule has 4 nitrogen and oxygen atoms in total. The molecule has 1 aliphatic heterocycles. The standard InChI is InChI=1S/C10H16N2O2S/c1-8(9-4-11-7-15-9)12-5-10(13)2-3-14-6-10/h4,7-8,12-13H,2-3,5-6H2,1H3. The Morgan fingerprint density at radius 1 is 1.80 bits per heavy atom. The second-order valence-electron chi connectivity index (χ2n) is 4.03. The third kappa shape index (κ3) is 2.75. The summed E-state index contributed by atoms with van der Waals surface area (Å²) in [7, 11) is 0. The number of aliphatic hydroxyl groups is 1. The normalized spacial score (nSPS) is 28.1. The zero-order valence-corrected chi connectivity index (χ0v) is 9.59. The molecular weight excluding hydrogens is 212 g/mol. The number of rotatable bonds is 4. The molecule has 0 saturated carbocycles. The molecule has 0 bridgehead atoms. The van der Waals surface area contributed by atoms with E-state index in [0.717, 1.165) is 6.42 Å². The Morgan fingerprint density at radius 3 is 3.27 bits per heavy atom. The van der Waals surface area contributed by atoms with Crippen LogP contribution in [0.2, 0.25) is 0 Å². The van der Waals surface area contributed by atoms with Gasteiger partial charge in [0.25, 0.3) is 0 Å². The molecule has 0 amide bonds. The van der Waals surface area contributed by atoms with Crippen molar-refractivity contribution < 1.29 is 9.84 Å². The number of hydrogen-bond donors (Lipinski definition) is 2. The fourth-order valence-corrected chi connectivity index (χ4v) is 2.27. The van der Waals surface area contributed by atoms with Crippen LogP contribution in [0, 0.1) is 0 Å². The van der Waals surface area contributed by atoms with Gasteiger partial charge in [0, 0.05) is 36.7 Å². The summed E-state index contributed by atoms with van der Waals surface area (Å²) < 4.78 is 5.18. The van der Waals surface area contributed by atoms with E-state index in [1.54, 1.807) is 11.3 Å². The van der Waals surface area contributed by atoms with Gasteiger partial charge in [0.05, 0.1) is 12.1 Å². The molecule has 0 spiro atoms. The number of nitrogens with one attached hydrogen (secondary N) is 1. The summed E-state index contributed by atoms with van der Waals surface area (Å²) >= 11 is 1.63. The van der Waals surface area contributed by atoms with E-state index in [9.17, 15) is 5.11 Å². The van der Waals surface area contributed by atoms with Crippen LogP contribution in [-0.2, 0) is 4.74 Å². The monoisotopic (exact) mass is 228 g/mol. The molecule has 2 rings (SSSR count). The van der Waals surface area contributed by atoms with Gasteiger partial charge in [0.2, 0.25) is 0 Å². The molecule has 2 unspecified atom stereocenters. The minimum absolute atomic E-state index is 0.238. The largest absolute Gasteiger partial charge is 0.386 e. The van der Waals surface area contributed by atoms with Crippen LogP contribution in [0.15, 0.2) is 11.7 Å². The van der Waals surface area contributed by atoms with Crippen LogP contribution in [0.25, 0.3) is 0 Å². The molecule has 1 fully saturated rings. The number of nitrogens with zero attached hydrogens (tertiary/aromatic N) is 1. The fourth-order valence-electron chi connectivity index (χ4n) is 1.62. The Kier molecular flexibility index (Phi) is 3.35. The molecule has 1 aliphatic rings. The van der Waals surface area contributed by atoms with Gasteiger partial charge in [0.15, 0.2) is 0 Å². The van der Waals surface area contributed by atoms with E-state index in [1.165, 1.54) is 4.88 Å². The zero-order chi connectivity index (χ0) is 10.7. The zero-order valence-electron chi connectivity index (χ0n) is 8.77. The Labute approximate surface area is 93.3 Å². The summed E-state index contributed by atoms with van der Waals surface area (Å²) in [5.41, 5.74) is 1.14. The second kappa shape index (κ2) is 4.57. The van der Waals surface area contributed by atoms with Gasteiger partial charge in [-0.3, -0.25) is 4.98 Å². The SMILES string of the molecule is CC(NCC1(O)CCOC1)c1cncs1. The maximum atomic E-state index is 10.0. The average Bonchev–Trinajstić information content (AvgIpc) is 2.85. The van der Waals surface area contributed by atoms with Gasteiger partial charge in [-0.1, -0.05) is 0 Å². The van der Waals surface area contributed by atoms with Crippen LogP contribution in [-0.4, -0.2) is 35.5 Å². The highest BCUT2D eigenvalue weighted by molar-refractivity contribution is 7.09. The topological polar surface area (TPSA) is 54.4 Å². The lowest BCUT2D eigenvalue weighted by Gasteiger charge is -2.23. The second-order valence-corrected chi connectivity index (χ2v) is 4.95. The lowest BCUT2D eigenvalue weighted by atomic mass is 10.0. The summed E-state index contributed by atoms with van der Waals surface area (Å²) in [4.78, 5) is 5.22. The van der Waals surface area contributed by atoms with E-state index in [1.807, 2.05) is 11.7 Å². The molecule has 2 atom stereocenters. The highest BCUT2D eigenvalue weighted by Crippen LogP contribution is 2.20. The first-order valence-electron chi connectivity index (χ1n) is 5.11. The van der Waals surface area contributed by atoms with Crippen LogP contribution < -0.4 is 5.32 Å². The van der Waals surface area contributed by atoms with Crippen molar-refractivity contribution in [1.29, 1.82) is 0 Å². The molecule has 0 aromatic carbocycles. The predicted octanol–water partition coefficient (Wildman–Crippen LogP) is 0.945. The van der Waals surface area contributed by atoms with E-state index in [2.05, 4.69) is 17.2 Å². The summed E-state index contributed by atoms with van der Waals surface area (Å²) in [5, 5.41) is 13.3. The Hall–Kier alpha value is -0.490. The third-order valence-electron chi connectivity index (χ3n) is 2.70. The van der Waals surface area contributed by atoms with Crippen molar-refractivity contribution in [3.05, 3.63) is 16.6 Å². The number of thiazole rings is 1. The lowest BCUT2D eigenvalue weighted by Crippen LogP contribution is -2.41. The van der Waals surface area contributed by atoms with Crippen LogP contribution in [0.3, 0.4) is 0 Å². The summed E-state index contributed by atoms with van der Waals surface area (Å²) in [6.45, 7) is 3.75. The van der Waals surface area contributed by atoms with Gasteiger partial charge in [-0.2, -0.15) is 0 Å². The van der Waals surface area contributed by atoms with Crippen molar-refractivity contribution in [3.63, 3.8) is 0 Å². The minimum atomic E-state index is -0.682. The maximum Gasteiger partial charge on any atom is 0.103 e. The fraction of sp³-hybridized carbons (Fsp3) is 0.700. The quantitative estimate of drug-likeness (QED) is 0.805. The first-order chi connectivity index (χ1) is 7.20. The van der Waals surface area contributed by atoms with Gasteiger partial charge in [-0.25, -0.2) is 0 Å². The van der Waals surface area contributed by atoms with E-state index in [-0.39, 0.29) is 6.04 Å². The third-order valence-corrected chi connectivity index (χ3v) is 3.66. The van der Waals surface area contributed by atoms with E-state index in [4.69, 9.17) is 4.74 Å². The number of hydrogen-bond acceptors (Lipinski definition) is 5. The van der Waals surface area contributed by atoms with Crippen LogP contribution >= 0.6 is 11.3 Å². The molecule has 1 aromatic heterocycles. The van der Waals surface area contributed by atoms with Crippen LogP contribution in [0.4, 0.5) is 0 Å². The van der Waals surface area contributed by atoms with Gasteiger partial charge in [-0.05, 0) is 6.92 Å². The van der Waals surface area contributed by atoms with Gasteiger partial charge < -0.3 is 15.2 Å². The van der Waals surface area contributed by atoms with E-state index >= 15 is 0 Å². The molecule has 1 saturated heterocycles. The van der Waals surface area contributed by atoms with Crippen molar-refractivity contribution >= 4 is 11.3 Å². The molecule has 15 heavy (non-hydrogen) atoms. The van der Waals surface area contributed by atoms with Crippen molar-refractivity contribution in [2.24, 2.45) is 0 Å².